The van der Waals surface area contributed by atoms with E-state index in [0.29, 0.717) is 5.52 Å². The van der Waals surface area contributed by atoms with Gasteiger partial charge in [0.15, 0.2) is 11.2 Å². The largest absolute Gasteiger partial charge is 0.327 e. The molecule has 4 rings (SSSR count). The van der Waals surface area contributed by atoms with Crippen LogP contribution in [-0.4, -0.2) is 69.5 Å². The highest BCUT2D eigenvalue weighted by Gasteiger charge is 2.14. The molecule has 0 spiro atoms. The number of piperazine rings is 1. The van der Waals surface area contributed by atoms with Crippen LogP contribution in [0.3, 0.4) is 0 Å². The smallest absolute Gasteiger partial charge is 0.304 e. The summed E-state index contributed by atoms with van der Waals surface area (Å²) in [5, 5.41) is 0. The molecule has 2 N–H and O–H groups in total. The van der Waals surface area contributed by atoms with Crippen LogP contribution in [0, 0.1) is 0 Å². The topological polar surface area (TPSA) is 98.0 Å². The van der Waals surface area contributed by atoms with Gasteiger partial charge in [0.1, 0.15) is 0 Å². The molecule has 136 valence electrons. The van der Waals surface area contributed by atoms with E-state index in [1.165, 1.54) is 0 Å². The minimum Gasteiger partial charge on any atom is -0.304 e. The van der Waals surface area contributed by atoms with Gasteiger partial charge in [0.05, 0.1) is 11.0 Å². The molecule has 1 aliphatic rings. The monoisotopic (exact) mass is 354 g/mol. The predicted octanol–water partition coefficient (Wildman–Crippen LogP) is 0.340. The molecule has 1 aromatic carbocycles. The molecule has 2 aromatic heterocycles. The van der Waals surface area contributed by atoms with Crippen LogP contribution in [0.2, 0.25) is 0 Å². The standard InChI is InChI=1S/C18H22N6O2/c1-23-8-10-24(11-9-23)7-3-5-12-4-2-6-13-14(12)20-16-15(19-13)17(25)22-18(26)21-16/h2,4,6H,3,5,7-11H2,1H3,(H2,20,21,22,25,26). The van der Waals surface area contributed by atoms with Gasteiger partial charge in [0.2, 0.25) is 0 Å². The number of aromatic nitrogens is 4. The molecule has 0 aliphatic carbocycles. The van der Waals surface area contributed by atoms with Crippen molar-refractivity contribution in [2.24, 2.45) is 0 Å². The van der Waals surface area contributed by atoms with Gasteiger partial charge in [-0.2, -0.15) is 0 Å². The van der Waals surface area contributed by atoms with Crippen molar-refractivity contribution in [3.05, 3.63) is 44.6 Å². The predicted molar refractivity (Wildman–Crippen MR) is 101 cm³/mol. The average Bonchev–Trinajstić information content (AvgIpc) is 2.62. The van der Waals surface area contributed by atoms with E-state index in [1.54, 1.807) is 0 Å². The van der Waals surface area contributed by atoms with Crippen molar-refractivity contribution >= 4 is 22.2 Å². The molecule has 0 saturated carbocycles. The zero-order chi connectivity index (χ0) is 18.1. The Kier molecular flexibility index (Phi) is 4.52. The summed E-state index contributed by atoms with van der Waals surface area (Å²) in [7, 11) is 2.16. The molecule has 0 amide bonds. The molecule has 0 bridgehead atoms. The summed E-state index contributed by atoms with van der Waals surface area (Å²) in [5.74, 6) is 0. The Bertz CT molecular complexity index is 1050. The van der Waals surface area contributed by atoms with Gasteiger partial charge in [-0.25, -0.2) is 14.8 Å². The summed E-state index contributed by atoms with van der Waals surface area (Å²) in [5.41, 5.74) is 1.82. The van der Waals surface area contributed by atoms with E-state index < -0.39 is 11.2 Å². The summed E-state index contributed by atoms with van der Waals surface area (Å²) in [6.07, 6.45) is 1.92. The van der Waals surface area contributed by atoms with Crippen molar-refractivity contribution in [2.45, 2.75) is 12.8 Å². The third-order valence-electron chi connectivity index (χ3n) is 4.97. The fraction of sp³-hybridized carbons (Fsp3) is 0.444. The van der Waals surface area contributed by atoms with Crippen molar-refractivity contribution in [1.29, 1.82) is 0 Å². The van der Waals surface area contributed by atoms with E-state index >= 15 is 0 Å². The number of rotatable bonds is 4. The lowest BCUT2D eigenvalue weighted by Gasteiger charge is -2.32. The van der Waals surface area contributed by atoms with Crippen LogP contribution in [0.4, 0.5) is 0 Å². The second kappa shape index (κ2) is 6.97. The Hall–Kier alpha value is -2.58. The van der Waals surface area contributed by atoms with Crippen molar-refractivity contribution in [2.75, 3.05) is 39.8 Å². The molecule has 0 atom stereocenters. The number of para-hydroxylation sites is 1. The molecule has 1 aliphatic heterocycles. The fourth-order valence-electron chi connectivity index (χ4n) is 3.45. The van der Waals surface area contributed by atoms with Crippen molar-refractivity contribution in [3.63, 3.8) is 0 Å². The van der Waals surface area contributed by atoms with Crippen LogP contribution in [0.25, 0.3) is 22.2 Å². The number of hydrogen-bond acceptors (Lipinski definition) is 6. The third kappa shape index (κ3) is 3.38. The first-order valence-electron chi connectivity index (χ1n) is 8.93. The fourth-order valence-corrected chi connectivity index (χ4v) is 3.45. The van der Waals surface area contributed by atoms with Crippen LogP contribution in [0.15, 0.2) is 27.8 Å². The zero-order valence-corrected chi connectivity index (χ0v) is 14.8. The minimum absolute atomic E-state index is 0.159. The highest BCUT2D eigenvalue weighted by Crippen LogP contribution is 2.18. The number of fused-ring (bicyclic) bond motifs is 2. The molecule has 26 heavy (non-hydrogen) atoms. The minimum atomic E-state index is -0.566. The highest BCUT2D eigenvalue weighted by atomic mass is 16.2. The van der Waals surface area contributed by atoms with Gasteiger partial charge in [-0.3, -0.25) is 14.8 Å². The van der Waals surface area contributed by atoms with Gasteiger partial charge in [-0.05, 0) is 38.1 Å². The van der Waals surface area contributed by atoms with Crippen LogP contribution in [-0.2, 0) is 6.42 Å². The van der Waals surface area contributed by atoms with Crippen LogP contribution in [0.1, 0.15) is 12.0 Å². The maximum atomic E-state index is 11.9. The molecule has 0 unspecified atom stereocenters. The van der Waals surface area contributed by atoms with Crippen LogP contribution in [0.5, 0.6) is 0 Å². The quantitative estimate of drug-likeness (QED) is 0.656. The SMILES string of the molecule is CN1CCN(CCCc2cccc3nc4c(=O)[nH]c(=O)[nH]c4nc23)CC1. The van der Waals surface area contributed by atoms with Gasteiger partial charge in [0.25, 0.3) is 5.56 Å². The van der Waals surface area contributed by atoms with Gasteiger partial charge >= 0.3 is 5.69 Å². The van der Waals surface area contributed by atoms with Gasteiger partial charge in [-0.1, -0.05) is 12.1 Å². The number of likely N-dealkylation sites (N-methyl/N-ethyl adjacent to an activating group) is 1. The molecule has 3 heterocycles. The van der Waals surface area contributed by atoms with Gasteiger partial charge in [0, 0.05) is 26.2 Å². The number of H-pyrrole nitrogens is 2. The summed E-state index contributed by atoms with van der Waals surface area (Å²) < 4.78 is 0. The van der Waals surface area contributed by atoms with E-state index in [2.05, 4.69) is 36.8 Å². The molecular formula is C18H22N6O2. The molecule has 1 saturated heterocycles. The van der Waals surface area contributed by atoms with Gasteiger partial charge < -0.3 is 9.80 Å². The lowest BCUT2D eigenvalue weighted by atomic mass is 10.1. The van der Waals surface area contributed by atoms with Gasteiger partial charge in [-0.15, -0.1) is 0 Å². The molecule has 1 fully saturated rings. The second-order valence-corrected chi connectivity index (χ2v) is 6.86. The third-order valence-corrected chi connectivity index (χ3v) is 4.97. The summed E-state index contributed by atoms with van der Waals surface area (Å²) in [4.78, 5) is 41.9. The molecular weight excluding hydrogens is 332 g/mol. The first kappa shape index (κ1) is 16.9. The molecule has 3 aromatic rings. The maximum absolute atomic E-state index is 11.9. The van der Waals surface area contributed by atoms with E-state index in [1.807, 2.05) is 18.2 Å². The van der Waals surface area contributed by atoms with E-state index in [0.717, 1.165) is 56.6 Å². The summed E-state index contributed by atoms with van der Waals surface area (Å²) >= 11 is 0. The molecule has 0 radical (unpaired) electrons. The normalized spacial score (nSPS) is 16.5. The number of nitrogens with one attached hydrogen (secondary N) is 2. The molecule has 8 heteroatoms. The van der Waals surface area contributed by atoms with E-state index in [-0.39, 0.29) is 11.2 Å². The molecule has 8 nitrogen and oxygen atoms in total. The Morgan fingerprint density at radius 1 is 1.04 bits per heavy atom. The van der Waals surface area contributed by atoms with Crippen molar-refractivity contribution in [1.82, 2.24) is 29.7 Å². The Morgan fingerprint density at radius 2 is 1.85 bits per heavy atom. The van der Waals surface area contributed by atoms with Crippen molar-refractivity contribution < 1.29 is 0 Å². The number of aromatic amines is 2. The Balaban J connectivity index is 1.58. The number of benzene rings is 1. The number of aryl methyl sites for hydroxylation is 1. The second-order valence-electron chi connectivity index (χ2n) is 6.86. The van der Waals surface area contributed by atoms with Crippen LogP contribution >= 0.6 is 0 Å². The maximum Gasteiger partial charge on any atom is 0.327 e. The number of hydrogen-bond donors (Lipinski definition) is 2. The highest BCUT2D eigenvalue weighted by molar-refractivity contribution is 5.85. The lowest BCUT2D eigenvalue weighted by molar-refractivity contribution is 0.153. The summed E-state index contributed by atoms with van der Waals surface area (Å²) in [6.45, 7) is 5.52. The van der Waals surface area contributed by atoms with Crippen molar-refractivity contribution in [3.8, 4) is 0 Å². The van der Waals surface area contributed by atoms with E-state index in [4.69, 9.17) is 0 Å². The Labute approximate surface area is 149 Å². The Morgan fingerprint density at radius 3 is 2.65 bits per heavy atom. The van der Waals surface area contributed by atoms with E-state index in [9.17, 15) is 9.59 Å². The summed E-state index contributed by atoms with van der Waals surface area (Å²) in [6, 6.07) is 5.82. The number of nitrogens with zero attached hydrogens (tertiary/aromatic N) is 4. The first-order valence-corrected chi connectivity index (χ1v) is 8.93. The average molecular weight is 354 g/mol. The first-order chi connectivity index (χ1) is 12.6. The zero-order valence-electron chi connectivity index (χ0n) is 14.8. The van der Waals surface area contributed by atoms with Crippen LogP contribution < -0.4 is 11.2 Å². The lowest BCUT2D eigenvalue weighted by Crippen LogP contribution is -2.44.